The van der Waals surface area contributed by atoms with Crippen molar-refractivity contribution < 1.29 is 9.47 Å². The van der Waals surface area contributed by atoms with Gasteiger partial charge in [-0.2, -0.15) is 4.37 Å². The number of rotatable bonds is 3. The fourth-order valence-electron chi connectivity index (χ4n) is 2.92. The summed E-state index contributed by atoms with van der Waals surface area (Å²) in [7, 11) is 0. The van der Waals surface area contributed by atoms with Crippen molar-refractivity contribution in [3.05, 3.63) is 5.82 Å². The Kier molecular flexibility index (Phi) is 5.00. The van der Waals surface area contributed by atoms with E-state index in [4.69, 9.17) is 14.5 Å². The van der Waals surface area contributed by atoms with Crippen LogP contribution < -0.4 is 4.90 Å². The maximum atomic E-state index is 6.24. The van der Waals surface area contributed by atoms with Crippen molar-refractivity contribution in [2.45, 2.75) is 64.1 Å². The number of anilines is 1. The van der Waals surface area contributed by atoms with Gasteiger partial charge in [0.1, 0.15) is 5.82 Å². The third-order valence-electron chi connectivity index (χ3n) is 4.35. The molecular weight excluding hydrogens is 298 g/mol. The van der Waals surface area contributed by atoms with Crippen molar-refractivity contribution in [3.63, 3.8) is 0 Å². The SMILES string of the molecule is CC(C)(C)c1nsc(N2CCC(OC3CCOCC3)CC2)n1. The third kappa shape index (κ3) is 3.97. The van der Waals surface area contributed by atoms with Gasteiger partial charge in [-0.25, -0.2) is 4.98 Å². The molecule has 3 heterocycles. The summed E-state index contributed by atoms with van der Waals surface area (Å²) < 4.78 is 16.1. The molecule has 0 amide bonds. The van der Waals surface area contributed by atoms with Gasteiger partial charge in [-0.3, -0.25) is 0 Å². The largest absolute Gasteiger partial charge is 0.381 e. The first-order chi connectivity index (χ1) is 10.5. The van der Waals surface area contributed by atoms with E-state index in [-0.39, 0.29) is 5.41 Å². The summed E-state index contributed by atoms with van der Waals surface area (Å²) in [4.78, 5) is 7.08. The zero-order chi connectivity index (χ0) is 15.6. The van der Waals surface area contributed by atoms with Crippen molar-refractivity contribution in [1.82, 2.24) is 9.36 Å². The maximum absolute atomic E-state index is 6.24. The van der Waals surface area contributed by atoms with Gasteiger partial charge in [-0.15, -0.1) is 0 Å². The van der Waals surface area contributed by atoms with Crippen molar-refractivity contribution in [2.24, 2.45) is 0 Å². The van der Waals surface area contributed by atoms with E-state index in [1.54, 1.807) is 0 Å². The maximum Gasteiger partial charge on any atom is 0.205 e. The van der Waals surface area contributed by atoms with E-state index in [9.17, 15) is 0 Å². The van der Waals surface area contributed by atoms with Gasteiger partial charge in [0.15, 0.2) is 0 Å². The summed E-state index contributed by atoms with van der Waals surface area (Å²) in [5, 5.41) is 1.06. The molecule has 2 aliphatic heterocycles. The molecule has 5 nitrogen and oxygen atoms in total. The number of aromatic nitrogens is 2. The highest BCUT2D eigenvalue weighted by Gasteiger charge is 2.27. The minimum Gasteiger partial charge on any atom is -0.381 e. The molecule has 0 saturated carbocycles. The Morgan fingerprint density at radius 3 is 2.32 bits per heavy atom. The quantitative estimate of drug-likeness (QED) is 0.855. The molecule has 0 atom stereocenters. The molecule has 2 saturated heterocycles. The molecule has 3 rings (SSSR count). The highest BCUT2D eigenvalue weighted by molar-refractivity contribution is 7.09. The van der Waals surface area contributed by atoms with Gasteiger partial charge < -0.3 is 14.4 Å². The molecule has 0 radical (unpaired) electrons. The van der Waals surface area contributed by atoms with Crippen LogP contribution in [0, 0.1) is 0 Å². The Hall–Kier alpha value is -0.720. The van der Waals surface area contributed by atoms with Crippen molar-refractivity contribution in [1.29, 1.82) is 0 Å². The summed E-state index contributed by atoms with van der Waals surface area (Å²) in [6, 6.07) is 0. The molecule has 1 aromatic heterocycles. The summed E-state index contributed by atoms with van der Waals surface area (Å²) in [5.41, 5.74) is 0.0270. The molecule has 0 aliphatic carbocycles. The predicted octanol–water partition coefficient (Wildman–Crippen LogP) is 3.00. The fraction of sp³-hybridized carbons (Fsp3) is 0.875. The molecule has 1 aromatic rings. The molecule has 2 fully saturated rings. The Labute approximate surface area is 137 Å². The monoisotopic (exact) mass is 325 g/mol. The average molecular weight is 325 g/mol. The van der Waals surface area contributed by atoms with Crippen molar-refractivity contribution in [3.8, 4) is 0 Å². The minimum atomic E-state index is 0.0270. The lowest BCUT2D eigenvalue weighted by Gasteiger charge is -2.34. The molecule has 0 N–H and O–H groups in total. The highest BCUT2D eigenvalue weighted by Crippen LogP contribution is 2.28. The van der Waals surface area contributed by atoms with Gasteiger partial charge >= 0.3 is 0 Å². The van der Waals surface area contributed by atoms with E-state index in [1.165, 1.54) is 11.5 Å². The molecule has 2 aliphatic rings. The third-order valence-corrected chi connectivity index (χ3v) is 5.13. The second-order valence-corrected chi connectivity index (χ2v) is 8.02. The molecule has 6 heteroatoms. The van der Waals surface area contributed by atoms with Crippen LogP contribution in [-0.2, 0) is 14.9 Å². The number of ether oxygens (including phenoxy) is 2. The molecule has 0 bridgehead atoms. The zero-order valence-corrected chi connectivity index (χ0v) is 14.7. The summed E-state index contributed by atoms with van der Waals surface area (Å²) in [6.45, 7) is 10.2. The van der Waals surface area contributed by atoms with Gasteiger partial charge in [-0.1, -0.05) is 20.8 Å². The van der Waals surface area contributed by atoms with Crippen molar-refractivity contribution >= 4 is 16.7 Å². The summed E-state index contributed by atoms with van der Waals surface area (Å²) >= 11 is 1.53. The van der Waals surface area contributed by atoms with E-state index in [0.717, 1.165) is 62.9 Å². The van der Waals surface area contributed by atoms with Crippen LogP contribution in [0.15, 0.2) is 0 Å². The molecule has 0 aromatic carbocycles. The normalized spacial score (nSPS) is 22.2. The molecule has 22 heavy (non-hydrogen) atoms. The molecular formula is C16H27N3O2S. The van der Waals surface area contributed by atoms with E-state index >= 15 is 0 Å². The van der Waals surface area contributed by atoms with E-state index in [2.05, 4.69) is 30.0 Å². The van der Waals surface area contributed by atoms with Crippen molar-refractivity contribution in [2.75, 3.05) is 31.2 Å². The van der Waals surface area contributed by atoms with Crippen LogP contribution in [0.3, 0.4) is 0 Å². The van der Waals surface area contributed by atoms with Crippen LogP contribution in [0.2, 0.25) is 0 Å². The number of hydrogen-bond acceptors (Lipinski definition) is 6. The Morgan fingerprint density at radius 1 is 1.09 bits per heavy atom. The number of nitrogens with zero attached hydrogens (tertiary/aromatic N) is 3. The summed E-state index contributed by atoms with van der Waals surface area (Å²) in [6.07, 6.45) is 5.06. The minimum absolute atomic E-state index is 0.0270. The van der Waals surface area contributed by atoms with Gasteiger partial charge in [0.25, 0.3) is 0 Å². The molecule has 124 valence electrons. The first kappa shape index (κ1) is 16.1. The second kappa shape index (κ2) is 6.81. The zero-order valence-electron chi connectivity index (χ0n) is 13.9. The van der Waals surface area contributed by atoms with E-state index < -0.39 is 0 Å². The smallest absolute Gasteiger partial charge is 0.205 e. The summed E-state index contributed by atoms with van der Waals surface area (Å²) in [5.74, 6) is 0.952. The molecule has 0 spiro atoms. The van der Waals surface area contributed by atoms with Crippen LogP contribution in [0.4, 0.5) is 5.13 Å². The lowest BCUT2D eigenvalue weighted by Crippen LogP contribution is -2.39. The van der Waals surface area contributed by atoms with Crippen LogP contribution in [-0.4, -0.2) is 47.9 Å². The van der Waals surface area contributed by atoms with Crippen LogP contribution >= 0.6 is 11.5 Å². The second-order valence-electron chi connectivity index (χ2n) is 7.28. The Balaban J connectivity index is 1.50. The van der Waals surface area contributed by atoms with Crippen LogP contribution in [0.1, 0.15) is 52.3 Å². The predicted molar refractivity (Wildman–Crippen MR) is 88.8 cm³/mol. The van der Waals surface area contributed by atoms with Gasteiger partial charge in [0.05, 0.1) is 12.2 Å². The average Bonchev–Trinajstić information content (AvgIpc) is 2.99. The highest BCUT2D eigenvalue weighted by atomic mass is 32.1. The van der Waals surface area contributed by atoms with Crippen LogP contribution in [0.25, 0.3) is 0 Å². The van der Waals surface area contributed by atoms with E-state index in [0.29, 0.717) is 12.2 Å². The Bertz CT molecular complexity index is 472. The van der Waals surface area contributed by atoms with Gasteiger partial charge in [0, 0.05) is 43.3 Å². The van der Waals surface area contributed by atoms with E-state index in [1.807, 2.05) is 0 Å². The first-order valence-electron chi connectivity index (χ1n) is 8.35. The standard InChI is InChI=1S/C16H27N3O2S/c1-16(2,3)14-17-15(22-18-14)19-8-4-12(5-9-19)21-13-6-10-20-11-7-13/h12-13H,4-11H2,1-3H3. The van der Waals surface area contributed by atoms with Crippen LogP contribution in [0.5, 0.6) is 0 Å². The number of piperidine rings is 1. The lowest BCUT2D eigenvalue weighted by molar-refractivity contribution is -0.0743. The van der Waals surface area contributed by atoms with Gasteiger partial charge in [-0.05, 0) is 25.7 Å². The Morgan fingerprint density at radius 2 is 1.73 bits per heavy atom. The molecule has 0 unspecified atom stereocenters. The number of hydrogen-bond donors (Lipinski definition) is 0. The topological polar surface area (TPSA) is 47.5 Å². The fourth-order valence-corrected chi connectivity index (χ4v) is 3.82. The van der Waals surface area contributed by atoms with Gasteiger partial charge in [0.2, 0.25) is 5.13 Å². The first-order valence-corrected chi connectivity index (χ1v) is 9.12. The lowest BCUT2D eigenvalue weighted by atomic mass is 9.96.